The van der Waals surface area contributed by atoms with Crippen molar-refractivity contribution in [2.75, 3.05) is 11.9 Å². The molecule has 6 heteroatoms. The smallest absolute Gasteiger partial charge is 0.272 e. The van der Waals surface area contributed by atoms with E-state index in [1.165, 1.54) is 12.1 Å². The molecule has 0 aromatic heterocycles. The first kappa shape index (κ1) is 12.8. The van der Waals surface area contributed by atoms with E-state index in [0.29, 0.717) is 12.5 Å². The van der Waals surface area contributed by atoms with Crippen molar-refractivity contribution in [2.24, 2.45) is 11.7 Å². The lowest BCUT2D eigenvalue weighted by atomic mass is 9.97. The van der Waals surface area contributed by atoms with E-state index < -0.39 is 10.7 Å². The molecule has 0 amide bonds. The van der Waals surface area contributed by atoms with E-state index in [1.54, 1.807) is 0 Å². The summed E-state index contributed by atoms with van der Waals surface area (Å²) in [5, 5.41) is 13.4. The van der Waals surface area contributed by atoms with Crippen LogP contribution in [0.2, 0.25) is 0 Å². The number of halogens is 1. The van der Waals surface area contributed by atoms with Crippen LogP contribution >= 0.6 is 0 Å². The van der Waals surface area contributed by atoms with Crippen LogP contribution in [0.1, 0.15) is 19.8 Å². The van der Waals surface area contributed by atoms with Gasteiger partial charge < -0.3 is 11.1 Å². The second-order valence-corrected chi connectivity index (χ2v) is 5.05. The summed E-state index contributed by atoms with van der Waals surface area (Å²) >= 11 is 0. The number of hydrogen-bond donors (Lipinski definition) is 2. The van der Waals surface area contributed by atoms with Crippen LogP contribution in [-0.2, 0) is 0 Å². The van der Waals surface area contributed by atoms with Gasteiger partial charge in [-0.05, 0) is 31.7 Å². The summed E-state index contributed by atoms with van der Waals surface area (Å²) in [6.45, 7) is 2.38. The quantitative estimate of drug-likeness (QED) is 0.623. The maximum Gasteiger partial charge on any atom is 0.272 e. The average Bonchev–Trinajstić information content (AvgIpc) is 3.11. The first-order chi connectivity index (χ1) is 8.40. The van der Waals surface area contributed by atoms with Crippen LogP contribution in [0.25, 0.3) is 0 Å². The van der Waals surface area contributed by atoms with Crippen LogP contribution in [0.3, 0.4) is 0 Å². The molecule has 0 heterocycles. The first-order valence-electron chi connectivity index (χ1n) is 5.87. The van der Waals surface area contributed by atoms with Crippen LogP contribution in [0, 0.1) is 21.8 Å². The van der Waals surface area contributed by atoms with Crippen molar-refractivity contribution in [3.05, 3.63) is 34.1 Å². The predicted molar refractivity (Wildman–Crippen MR) is 66.9 cm³/mol. The number of non-ortho nitro benzene ring substituents is 1. The van der Waals surface area contributed by atoms with Crippen molar-refractivity contribution in [2.45, 2.75) is 25.3 Å². The highest BCUT2D eigenvalue weighted by atomic mass is 19.1. The van der Waals surface area contributed by atoms with Gasteiger partial charge >= 0.3 is 0 Å². The van der Waals surface area contributed by atoms with Crippen LogP contribution in [0.15, 0.2) is 18.2 Å². The lowest BCUT2D eigenvalue weighted by Gasteiger charge is -2.25. The van der Waals surface area contributed by atoms with Gasteiger partial charge in [-0.2, -0.15) is 0 Å². The zero-order chi connectivity index (χ0) is 13.3. The number of nitrogens with zero attached hydrogens (tertiary/aromatic N) is 1. The van der Waals surface area contributed by atoms with E-state index in [4.69, 9.17) is 5.73 Å². The predicted octanol–water partition coefficient (Wildman–Crippen LogP) is 2.27. The second kappa shape index (κ2) is 4.53. The topological polar surface area (TPSA) is 81.2 Å². The Morgan fingerprint density at radius 1 is 1.61 bits per heavy atom. The molecule has 1 aromatic carbocycles. The third-order valence-electron chi connectivity index (χ3n) is 3.33. The molecule has 2 rings (SSSR count). The van der Waals surface area contributed by atoms with Gasteiger partial charge in [0.05, 0.1) is 16.7 Å². The fourth-order valence-electron chi connectivity index (χ4n) is 1.93. The summed E-state index contributed by atoms with van der Waals surface area (Å²) in [5.41, 5.74) is 5.73. The monoisotopic (exact) mass is 253 g/mol. The molecule has 1 aliphatic carbocycles. The minimum absolute atomic E-state index is 0.248. The molecule has 18 heavy (non-hydrogen) atoms. The molecule has 5 nitrogen and oxygen atoms in total. The van der Waals surface area contributed by atoms with Crippen LogP contribution in [-0.4, -0.2) is 17.0 Å². The van der Waals surface area contributed by atoms with Crippen molar-refractivity contribution < 1.29 is 9.31 Å². The molecule has 0 aliphatic heterocycles. The normalized spacial score (nSPS) is 18.2. The van der Waals surface area contributed by atoms with Crippen LogP contribution in [0.5, 0.6) is 0 Å². The standard InChI is InChI=1S/C12H16FN3O2/c1-12(14,8-2-3-8)7-15-11-5-4-9(16(17)18)6-10(11)13/h4-6,8,15H,2-3,7,14H2,1H3. The van der Waals surface area contributed by atoms with E-state index in [2.05, 4.69) is 5.32 Å². The Morgan fingerprint density at radius 3 is 2.78 bits per heavy atom. The number of nitrogens with two attached hydrogens (primary N) is 1. The fraction of sp³-hybridized carbons (Fsp3) is 0.500. The van der Waals surface area contributed by atoms with Crippen molar-refractivity contribution in [1.29, 1.82) is 0 Å². The summed E-state index contributed by atoms with van der Waals surface area (Å²) in [4.78, 5) is 9.86. The number of nitrogens with one attached hydrogen (secondary N) is 1. The highest BCUT2D eigenvalue weighted by Crippen LogP contribution is 2.38. The number of nitro groups is 1. The molecule has 98 valence electrons. The Labute approximate surface area is 104 Å². The molecule has 1 saturated carbocycles. The van der Waals surface area contributed by atoms with Crippen molar-refractivity contribution in [3.8, 4) is 0 Å². The van der Waals surface area contributed by atoms with Gasteiger partial charge in [0.1, 0.15) is 0 Å². The molecule has 1 aromatic rings. The molecular formula is C12H16FN3O2. The van der Waals surface area contributed by atoms with Crippen LogP contribution in [0.4, 0.5) is 15.8 Å². The van der Waals surface area contributed by atoms with Crippen molar-refractivity contribution >= 4 is 11.4 Å². The number of rotatable bonds is 5. The van der Waals surface area contributed by atoms with Crippen LogP contribution < -0.4 is 11.1 Å². The van der Waals surface area contributed by atoms with E-state index >= 15 is 0 Å². The zero-order valence-corrected chi connectivity index (χ0v) is 10.1. The molecular weight excluding hydrogens is 237 g/mol. The Bertz CT molecular complexity index is 472. The van der Waals surface area contributed by atoms with Gasteiger partial charge in [0.25, 0.3) is 5.69 Å². The number of nitro benzene ring substituents is 1. The molecule has 0 spiro atoms. The van der Waals surface area contributed by atoms with Gasteiger partial charge in [-0.3, -0.25) is 10.1 Å². The van der Waals surface area contributed by atoms with E-state index in [1.807, 2.05) is 6.92 Å². The highest BCUT2D eigenvalue weighted by molar-refractivity contribution is 5.50. The van der Waals surface area contributed by atoms with Gasteiger partial charge in [0.2, 0.25) is 0 Å². The maximum absolute atomic E-state index is 13.6. The van der Waals surface area contributed by atoms with Crippen molar-refractivity contribution in [3.63, 3.8) is 0 Å². The maximum atomic E-state index is 13.6. The van der Waals surface area contributed by atoms with Gasteiger partial charge in [-0.1, -0.05) is 0 Å². The summed E-state index contributed by atoms with van der Waals surface area (Å²) in [6, 6.07) is 3.56. The third kappa shape index (κ3) is 2.76. The number of anilines is 1. The molecule has 1 unspecified atom stereocenters. The van der Waals surface area contributed by atoms with Gasteiger partial charge in [0, 0.05) is 18.2 Å². The van der Waals surface area contributed by atoms with E-state index in [9.17, 15) is 14.5 Å². The lowest BCUT2D eigenvalue weighted by molar-refractivity contribution is -0.385. The average molecular weight is 253 g/mol. The molecule has 1 aliphatic rings. The Hall–Kier alpha value is -1.69. The van der Waals surface area contributed by atoms with Gasteiger partial charge in [-0.15, -0.1) is 0 Å². The molecule has 1 atom stereocenters. The largest absolute Gasteiger partial charge is 0.381 e. The van der Waals surface area contributed by atoms with E-state index in [0.717, 1.165) is 18.9 Å². The minimum atomic E-state index is -0.629. The molecule has 0 bridgehead atoms. The summed E-state index contributed by atoms with van der Waals surface area (Å²) < 4.78 is 13.6. The number of hydrogen-bond acceptors (Lipinski definition) is 4. The Balaban J connectivity index is 2.03. The third-order valence-corrected chi connectivity index (χ3v) is 3.33. The SMILES string of the molecule is CC(N)(CNc1ccc([N+](=O)[O-])cc1F)C1CC1. The molecule has 0 radical (unpaired) electrons. The zero-order valence-electron chi connectivity index (χ0n) is 10.1. The van der Waals surface area contributed by atoms with Gasteiger partial charge in [0.15, 0.2) is 5.82 Å². The Kier molecular flexibility index (Phi) is 3.21. The Morgan fingerprint density at radius 2 is 2.28 bits per heavy atom. The molecule has 3 N–H and O–H groups in total. The molecule has 0 saturated heterocycles. The summed E-state index contributed by atoms with van der Waals surface area (Å²) in [7, 11) is 0. The summed E-state index contributed by atoms with van der Waals surface area (Å²) in [5.74, 6) is -0.151. The van der Waals surface area contributed by atoms with E-state index in [-0.39, 0.29) is 16.9 Å². The highest BCUT2D eigenvalue weighted by Gasteiger charge is 2.38. The summed E-state index contributed by atoms with van der Waals surface area (Å²) in [6.07, 6.45) is 2.22. The number of benzene rings is 1. The second-order valence-electron chi connectivity index (χ2n) is 5.05. The van der Waals surface area contributed by atoms with Crippen molar-refractivity contribution in [1.82, 2.24) is 0 Å². The first-order valence-corrected chi connectivity index (χ1v) is 5.87. The lowest BCUT2D eigenvalue weighted by Crippen LogP contribution is -2.45. The molecule has 1 fully saturated rings. The van der Waals surface area contributed by atoms with Gasteiger partial charge in [-0.25, -0.2) is 4.39 Å². The minimum Gasteiger partial charge on any atom is -0.381 e. The fourth-order valence-corrected chi connectivity index (χ4v) is 1.93.